The SMILES string of the molecule is CCOc1cccc(CNc2cn[nH]c2)c1. The van der Waals surface area contributed by atoms with E-state index in [1.807, 2.05) is 31.3 Å². The minimum atomic E-state index is 0.693. The van der Waals surface area contributed by atoms with Crippen molar-refractivity contribution >= 4 is 5.69 Å². The molecule has 0 radical (unpaired) electrons. The second-order valence-electron chi connectivity index (χ2n) is 3.42. The lowest BCUT2D eigenvalue weighted by Crippen LogP contribution is -1.99. The summed E-state index contributed by atoms with van der Waals surface area (Å²) in [4.78, 5) is 0. The van der Waals surface area contributed by atoms with Crippen molar-refractivity contribution in [2.75, 3.05) is 11.9 Å². The molecule has 0 spiro atoms. The van der Waals surface area contributed by atoms with Crippen LogP contribution in [0.25, 0.3) is 0 Å². The Morgan fingerprint density at radius 3 is 3.12 bits per heavy atom. The standard InChI is InChI=1S/C12H15N3O/c1-2-16-12-5-3-4-10(6-12)7-13-11-8-14-15-9-11/h3-6,8-9,13H,2,7H2,1H3,(H,14,15). The number of benzene rings is 1. The van der Waals surface area contributed by atoms with Gasteiger partial charge in [0.25, 0.3) is 0 Å². The fourth-order valence-corrected chi connectivity index (χ4v) is 1.46. The number of ether oxygens (including phenoxy) is 1. The summed E-state index contributed by atoms with van der Waals surface area (Å²) in [5, 5.41) is 9.89. The molecule has 0 saturated carbocycles. The normalized spacial score (nSPS) is 10.1. The minimum absolute atomic E-state index is 0.693. The van der Waals surface area contributed by atoms with Gasteiger partial charge >= 0.3 is 0 Å². The van der Waals surface area contributed by atoms with Crippen molar-refractivity contribution in [1.82, 2.24) is 10.2 Å². The summed E-state index contributed by atoms with van der Waals surface area (Å²) >= 11 is 0. The molecule has 0 atom stereocenters. The fourth-order valence-electron chi connectivity index (χ4n) is 1.46. The zero-order valence-corrected chi connectivity index (χ0v) is 9.23. The van der Waals surface area contributed by atoms with E-state index < -0.39 is 0 Å². The summed E-state index contributed by atoms with van der Waals surface area (Å²) < 4.78 is 5.44. The molecule has 1 heterocycles. The van der Waals surface area contributed by atoms with Crippen LogP contribution in [0.5, 0.6) is 5.75 Å². The van der Waals surface area contributed by atoms with Gasteiger partial charge in [0, 0.05) is 12.7 Å². The van der Waals surface area contributed by atoms with Crippen LogP contribution in [0.2, 0.25) is 0 Å². The smallest absolute Gasteiger partial charge is 0.119 e. The summed E-state index contributed by atoms with van der Waals surface area (Å²) in [7, 11) is 0. The Bertz CT molecular complexity index is 426. The van der Waals surface area contributed by atoms with Gasteiger partial charge in [0.05, 0.1) is 18.5 Å². The van der Waals surface area contributed by atoms with Crippen LogP contribution in [-0.2, 0) is 6.54 Å². The van der Waals surface area contributed by atoms with E-state index in [1.54, 1.807) is 6.20 Å². The number of rotatable bonds is 5. The highest BCUT2D eigenvalue weighted by Crippen LogP contribution is 2.14. The number of H-pyrrole nitrogens is 1. The van der Waals surface area contributed by atoms with Crippen molar-refractivity contribution in [2.24, 2.45) is 0 Å². The first kappa shape index (κ1) is 10.5. The Labute approximate surface area is 94.6 Å². The van der Waals surface area contributed by atoms with Crippen LogP contribution in [-0.4, -0.2) is 16.8 Å². The lowest BCUT2D eigenvalue weighted by Gasteiger charge is -2.06. The summed E-state index contributed by atoms with van der Waals surface area (Å²) in [6.45, 7) is 3.44. The average Bonchev–Trinajstić information content (AvgIpc) is 2.80. The maximum absolute atomic E-state index is 5.44. The van der Waals surface area contributed by atoms with Crippen molar-refractivity contribution in [1.29, 1.82) is 0 Å². The van der Waals surface area contributed by atoms with Crippen molar-refractivity contribution in [3.8, 4) is 5.75 Å². The zero-order valence-electron chi connectivity index (χ0n) is 9.23. The van der Waals surface area contributed by atoms with Gasteiger partial charge in [-0.2, -0.15) is 5.10 Å². The number of aromatic nitrogens is 2. The maximum atomic E-state index is 5.44. The van der Waals surface area contributed by atoms with E-state index in [1.165, 1.54) is 5.56 Å². The van der Waals surface area contributed by atoms with E-state index >= 15 is 0 Å². The second-order valence-corrected chi connectivity index (χ2v) is 3.42. The summed E-state index contributed by atoms with van der Waals surface area (Å²) in [6, 6.07) is 8.06. The molecule has 1 aromatic heterocycles. The van der Waals surface area contributed by atoms with Gasteiger partial charge in [-0.25, -0.2) is 0 Å². The topological polar surface area (TPSA) is 49.9 Å². The van der Waals surface area contributed by atoms with E-state index in [4.69, 9.17) is 4.74 Å². The van der Waals surface area contributed by atoms with Gasteiger partial charge in [-0.15, -0.1) is 0 Å². The molecule has 0 amide bonds. The molecule has 16 heavy (non-hydrogen) atoms. The van der Waals surface area contributed by atoms with Crippen LogP contribution in [0.3, 0.4) is 0 Å². The number of anilines is 1. The number of nitrogens with zero attached hydrogens (tertiary/aromatic N) is 1. The van der Waals surface area contributed by atoms with Gasteiger partial charge in [0.2, 0.25) is 0 Å². The van der Waals surface area contributed by atoms with Gasteiger partial charge in [0.1, 0.15) is 5.75 Å². The van der Waals surface area contributed by atoms with Gasteiger partial charge < -0.3 is 10.1 Å². The van der Waals surface area contributed by atoms with E-state index in [0.717, 1.165) is 18.0 Å². The zero-order chi connectivity index (χ0) is 11.2. The van der Waals surface area contributed by atoms with Crippen molar-refractivity contribution in [3.63, 3.8) is 0 Å². The third kappa shape index (κ3) is 2.76. The molecule has 0 unspecified atom stereocenters. The van der Waals surface area contributed by atoms with Crippen LogP contribution in [0.15, 0.2) is 36.7 Å². The molecule has 0 aliphatic rings. The lowest BCUT2D eigenvalue weighted by atomic mass is 10.2. The molecule has 0 aliphatic heterocycles. The molecule has 2 N–H and O–H groups in total. The molecular formula is C12H15N3O. The summed E-state index contributed by atoms with van der Waals surface area (Å²) in [6.07, 6.45) is 3.58. The first-order valence-corrected chi connectivity index (χ1v) is 5.33. The Morgan fingerprint density at radius 1 is 1.44 bits per heavy atom. The highest BCUT2D eigenvalue weighted by molar-refractivity contribution is 5.39. The monoisotopic (exact) mass is 217 g/mol. The van der Waals surface area contributed by atoms with Gasteiger partial charge in [0.15, 0.2) is 0 Å². The van der Waals surface area contributed by atoms with E-state index in [-0.39, 0.29) is 0 Å². The third-order valence-electron chi connectivity index (χ3n) is 2.20. The highest BCUT2D eigenvalue weighted by atomic mass is 16.5. The van der Waals surface area contributed by atoms with E-state index in [0.29, 0.717) is 6.61 Å². The Hall–Kier alpha value is -1.97. The quantitative estimate of drug-likeness (QED) is 0.808. The molecule has 0 bridgehead atoms. The maximum Gasteiger partial charge on any atom is 0.119 e. The Morgan fingerprint density at radius 2 is 2.38 bits per heavy atom. The van der Waals surface area contributed by atoms with Crippen LogP contribution >= 0.6 is 0 Å². The first-order valence-electron chi connectivity index (χ1n) is 5.33. The lowest BCUT2D eigenvalue weighted by molar-refractivity contribution is 0.340. The van der Waals surface area contributed by atoms with Crippen LogP contribution in [0.4, 0.5) is 5.69 Å². The molecule has 2 aromatic rings. The molecule has 1 aromatic carbocycles. The van der Waals surface area contributed by atoms with Gasteiger partial charge in [-0.3, -0.25) is 5.10 Å². The molecule has 0 fully saturated rings. The fraction of sp³-hybridized carbons (Fsp3) is 0.250. The third-order valence-corrected chi connectivity index (χ3v) is 2.20. The molecule has 0 aliphatic carbocycles. The largest absolute Gasteiger partial charge is 0.494 e. The Balaban J connectivity index is 1.96. The molecule has 84 valence electrons. The van der Waals surface area contributed by atoms with Crippen molar-refractivity contribution in [2.45, 2.75) is 13.5 Å². The molecular weight excluding hydrogens is 202 g/mol. The minimum Gasteiger partial charge on any atom is -0.494 e. The number of hydrogen-bond acceptors (Lipinski definition) is 3. The van der Waals surface area contributed by atoms with E-state index in [2.05, 4.69) is 21.6 Å². The van der Waals surface area contributed by atoms with Crippen molar-refractivity contribution < 1.29 is 4.74 Å². The number of nitrogens with one attached hydrogen (secondary N) is 2. The number of aromatic amines is 1. The van der Waals surface area contributed by atoms with Gasteiger partial charge in [-0.1, -0.05) is 12.1 Å². The first-order chi connectivity index (χ1) is 7.88. The van der Waals surface area contributed by atoms with Crippen LogP contribution in [0, 0.1) is 0 Å². The predicted molar refractivity (Wildman–Crippen MR) is 63.5 cm³/mol. The molecule has 4 heteroatoms. The highest BCUT2D eigenvalue weighted by Gasteiger charge is 1.97. The average molecular weight is 217 g/mol. The van der Waals surface area contributed by atoms with E-state index in [9.17, 15) is 0 Å². The predicted octanol–water partition coefficient (Wildman–Crippen LogP) is 2.42. The summed E-state index contributed by atoms with van der Waals surface area (Å²) in [5.74, 6) is 0.911. The molecule has 2 rings (SSSR count). The molecule has 4 nitrogen and oxygen atoms in total. The van der Waals surface area contributed by atoms with Crippen LogP contribution < -0.4 is 10.1 Å². The second kappa shape index (κ2) is 5.21. The van der Waals surface area contributed by atoms with Crippen LogP contribution in [0.1, 0.15) is 12.5 Å². The summed E-state index contributed by atoms with van der Waals surface area (Å²) in [5.41, 5.74) is 2.17. The van der Waals surface area contributed by atoms with Gasteiger partial charge in [-0.05, 0) is 24.6 Å². The number of hydrogen-bond donors (Lipinski definition) is 2. The van der Waals surface area contributed by atoms with Crippen molar-refractivity contribution in [3.05, 3.63) is 42.2 Å². The molecule has 0 saturated heterocycles. The Kier molecular flexibility index (Phi) is 3.43.